The predicted octanol–water partition coefficient (Wildman–Crippen LogP) is 14.4. The molecule has 1 heterocycles. The van der Waals surface area contributed by atoms with Crippen molar-refractivity contribution in [3.8, 4) is 33.4 Å². The molecule has 0 aliphatic heterocycles. The Morgan fingerprint density at radius 1 is 0.255 bits per heavy atom. The summed E-state index contributed by atoms with van der Waals surface area (Å²) in [5.74, 6) is 0. The molecule has 236 valence electrons. The summed E-state index contributed by atoms with van der Waals surface area (Å²) in [7, 11) is 0. The number of rotatable bonds is 3. The van der Waals surface area contributed by atoms with Crippen LogP contribution in [-0.4, -0.2) is 0 Å². The molecule has 11 aromatic rings. The second-order valence-corrected chi connectivity index (χ2v) is 13.5. The van der Waals surface area contributed by atoms with Crippen molar-refractivity contribution in [3.05, 3.63) is 182 Å². The van der Waals surface area contributed by atoms with Crippen molar-refractivity contribution in [2.45, 2.75) is 0 Å². The molecule has 0 atom stereocenters. The van der Waals surface area contributed by atoms with Crippen LogP contribution in [0.3, 0.4) is 0 Å². The normalized spacial score (nSPS) is 11.9. The Hall–Kier alpha value is -6.70. The first kappa shape index (κ1) is 28.2. The molecule has 0 saturated carbocycles. The summed E-state index contributed by atoms with van der Waals surface area (Å²) in [5, 5.41) is 14.8. The van der Waals surface area contributed by atoms with Crippen molar-refractivity contribution in [2.24, 2.45) is 0 Å². The van der Waals surface area contributed by atoms with Crippen LogP contribution < -0.4 is 0 Å². The first-order valence-electron chi connectivity index (χ1n) is 17.6. The molecule has 0 bridgehead atoms. The highest BCUT2D eigenvalue weighted by Crippen LogP contribution is 2.48. The molecule has 1 nitrogen and oxygen atoms in total. The Bertz CT molecular complexity index is 3130. The lowest BCUT2D eigenvalue weighted by Gasteiger charge is -2.20. The fraction of sp³-hybridized carbons (Fsp3) is 0. The Morgan fingerprint density at radius 2 is 0.706 bits per heavy atom. The summed E-state index contributed by atoms with van der Waals surface area (Å²) >= 11 is 0. The van der Waals surface area contributed by atoms with E-state index < -0.39 is 0 Å². The second kappa shape index (κ2) is 10.9. The zero-order chi connectivity index (χ0) is 33.5. The third-order valence-electron chi connectivity index (χ3n) is 10.8. The van der Waals surface area contributed by atoms with Crippen LogP contribution in [0.2, 0.25) is 0 Å². The van der Waals surface area contributed by atoms with Crippen LogP contribution in [-0.2, 0) is 0 Å². The summed E-state index contributed by atoms with van der Waals surface area (Å²) in [6.07, 6.45) is 0. The molecule has 0 unspecified atom stereocenters. The summed E-state index contributed by atoms with van der Waals surface area (Å²) in [4.78, 5) is 0. The van der Waals surface area contributed by atoms with E-state index in [4.69, 9.17) is 4.42 Å². The lowest BCUT2D eigenvalue weighted by atomic mass is 9.83. The average molecular weight is 647 g/mol. The van der Waals surface area contributed by atoms with Gasteiger partial charge in [0.15, 0.2) is 0 Å². The summed E-state index contributed by atoms with van der Waals surface area (Å²) < 4.78 is 6.59. The first-order valence-corrected chi connectivity index (χ1v) is 17.6. The molecule has 0 aliphatic rings. The van der Waals surface area contributed by atoms with Crippen molar-refractivity contribution in [3.63, 3.8) is 0 Å². The molecule has 0 aliphatic carbocycles. The molecule has 1 heteroatoms. The van der Waals surface area contributed by atoms with Crippen molar-refractivity contribution >= 4 is 75.8 Å². The van der Waals surface area contributed by atoms with Gasteiger partial charge in [-0.1, -0.05) is 164 Å². The smallest absolute Gasteiger partial charge is 0.143 e. The lowest BCUT2D eigenvalue weighted by Crippen LogP contribution is -1.93. The fourth-order valence-corrected chi connectivity index (χ4v) is 8.67. The van der Waals surface area contributed by atoms with Gasteiger partial charge >= 0.3 is 0 Å². The average Bonchev–Trinajstić information content (AvgIpc) is 3.59. The second-order valence-electron chi connectivity index (χ2n) is 13.5. The SMILES string of the molecule is c1ccc(-c2c3ccccc3c(-c3cc4c5ccccc5c(-c5cccc6c5oc5ccccc56)cc4c4ccccc34)c3ccccc23)cc1. The fourth-order valence-electron chi connectivity index (χ4n) is 8.67. The highest BCUT2D eigenvalue weighted by Gasteiger charge is 2.21. The number of fused-ring (bicyclic) bond motifs is 10. The van der Waals surface area contributed by atoms with Crippen molar-refractivity contribution in [2.75, 3.05) is 0 Å². The van der Waals surface area contributed by atoms with Gasteiger partial charge in [-0.2, -0.15) is 0 Å². The number of furan rings is 1. The van der Waals surface area contributed by atoms with Crippen LogP contribution in [0.1, 0.15) is 0 Å². The van der Waals surface area contributed by atoms with Crippen LogP contribution in [0.4, 0.5) is 0 Å². The van der Waals surface area contributed by atoms with Gasteiger partial charge < -0.3 is 4.42 Å². The van der Waals surface area contributed by atoms with E-state index in [0.717, 1.165) is 27.5 Å². The first-order chi connectivity index (χ1) is 25.3. The van der Waals surface area contributed by atoms with Gasteiger partial charge in [-0.05, 0) is 99.9 Å². The van der Waals surface area contributed by atoms with Gasteiger partial charge in [-0.15, -0.1) is 0 Å². The topological polar surface area (TPSA) is 13.1 Å². The lowest BCUT2D eigenvalue weighted by molar-refractivity contribution is 0.670. The Labute approximate surface area is 294 Å². The molecule has 0 saturated heterocycles. The third-order valence-corrected chi connectivity index (χ3v) is 10.8. The van der Waals surface area contributed by atoms with Gasteiger partial charge in [-0.3, -0.25) is 0 Å². The van der Waals surface area contributed by atoms with E-state index in [-0.39, 0.29) is 0 Å². The monoisotopic (exact) mass is 646 g/mol. The molecular weight excluding hydrogens is 617 g/mol. The molecule has 0 amide bonds. The van der Waals surface area contributed by atoms with E-state index in [1.54, 1.807) is 0 Å². The molecule has 51 heavy (non-hydrogen) atoms. The zero-order valence-corrected chi connectivity index (χ0v) is 27.7. The van der Waals surface area contributed by atoms with E-state index in [0.29, 0.717) is 0 Å². The Balaban J connectivity index is 1.28. The van der Waals surface area contributed by atoms with Gasteiger partial charge in [0, 0.05) is 16.3 Å². The molecule has 0 N–H and O–H groups in total. The minimum atomic E-state index is 0.915. The zero-order valence-electron chi connectivity index (χ0n) is 27.7. The largest absolute Gasteiger partial charge is 0.455 e. The molecular formula is C50H30O. The van der Waals surface area contributed by atoms with Crippen LogP contribution in [0, 0.1) is 0 Å². The van der Waals surface area contributed by atoms with Gasteiger partial charge in [0.1, 0.15) is 11.2 Å². The van der Waals surface area contributed by atoms with Gasteiger partial charge in [0.25, 0.3) is 0 Å². The third kappa shape index (κ3) is 4.09. The number of benzene rings is 10. The molecule has 11 rings (SSSR count). The minimum absolute atomic E-state index is 0.915. The van der Waals surface area contributed by atoms with Crippen molar-refractivity contribution < 1.29 is 4.42 Å². The van der Waals surface area contributed by atoms with E-state index in [9.17, 15) is 0 Å². The number of para-hydroxylation sites is 2. The highest BCUT2D eigenvalue weighted by molar-refractivity contribution is 6.29. The van der Waals surface area contributed by atoms with E-state index in [1.807, 2.05) is 6.07 Å². The Morgan fingerprint density at radius 3 is 1.33 bits per heavy atom. The quantitative estimate of drug-likeness (QED) is 0.138. The summed E-state index contributed by atoms with van der Waals surface area (Å²) in [5.41, 5.74) is 9.19. The van der Waals surface area contributed by atoms with Crippen LogP contribution >= 0.6 is 0 Å². The molecule has 0 spiro atoms. The van der Waals surface area contributed by atoms with Gasteiger partial charge in [0.05, 0.1) is 0 Å². The number of hydrogen-bond acceptors (Lipinski definition) is 1. The van der Waals surface area contributed by atoms with Gasteiger partial charge in [-0.25, -0.2) is 0 Å². The number of hydrogen-bond donors (Lipinski definition) is 0. The maximum absolute atomic E-state index is 6.59. The van der Waals surface area contributed by atoms with E-state index >= 15 is 0 Å². The molecule has 1 aromatic heterocycles. The molecule has 0 radical (unpaired) electrons. The van der Waals surface area contributed by atoms with Crippen LogP contribution in [0.25, 0.3) is 109 Å². The standard InChI is InChI=1S/C50H30O/c1-2-15-31(16-3-1)48-37-22-8-10-24-39(37)49(40-25-11-9-23-38(40)48)46-30-45-33-18-5-4-17-32(33)43(29-44(45)34-19-6-7-20-35(34)46)42-27-14-26-41-36-21-12-13-28-47(36)51-50(41)42/h1-30H. The van der Waals surface area contributed by atoms with E-state index in [2.05, 4.69) is 176 Å². The van der Waals surface area contributed by atoms with Crippen molar-refractivity contribution in [1.82, 2.24) is 0 Å². The van der Waals surface area contributed by atoms with Crippen molar-refractivity contribution in [1.29, 1.82) is 0 Å². The van der Waals surface area contributed by atoms with Gasteiger partial charge in [0.2, 0.25) is 0 Å². The molecule has 10 aromatic carbocycles. The Kier molecular flexibility index (Phi) is 6.02. The minimum Gasteiger partial charge on any atom is -0.455 e. The maximum Gasteiger partial charge on any atom is 0.143 e. The predicted molar refractivity (Wildman–Crippen MR) is 218 cm³/mol. The highest BCUT2D eigenvalue weighted by atomic mass is 16.3. The maximum atomic E-state index is 6.59. The van der Waals surface area contributed by atoms with Crippen LogP contribution in [0.15, 0.2) is 186 Å². The summed E-state index contributed by atoms with van der Waals surface area (Å²) in [6.45, 7) is 0. The summed E-state index contributed by atoms with van der Waals surface area (Å²) in [6, 6.07) is 66.3. The van der Waals surface area contributed by atoms with E-state index in [1.165, 1.54) is 81.7 Å². The van der Waals surface area contributed by atoms with Crippen LogP contribution in [0.5, 0.6) is 0 Å². The molecule has 0 fully saturated rings.